The van der Waals surface area contributed by atoms with Gasteiger partial charge in [0.1, 0.15) is 20.7 Å². The van der Waals surface area contributed by atoms with E-state index in [1.807, 2.05) is 27.2 Å². The van der Waals surface area contributed by atoms with E-state index in [0.717, 1.165) is 23.5 Å². The first-order chi connectivity index (χ1) is 10.5. The molecule has 134 valence electrons. The van der Waals surface area contributed by atoms with E-state index in [1.54, 1.807) is 6.26 Å². The Bertz CT molecular complexity index is 536. The van der Waals surface area contributed by atoms with Gasteiger partial charge in [-0.1, -0.05) is 38.9 Å². The molecule has 1 rings (SSSR count). The van der Waals surface area contributed by atoms with E-state index in [1.165, 1.54) is 0 Å². The van der Waals surface area contributed by atoms with Crippen molar-refractivity contribution in [3.8, 4) is 0 Å². The largest absolute Gasteiger partial charge is 0.756 e. The molecule has 0 aromatic carbocycles. The van der Waals surface area contributed by atoms with Gasteiger partial charge in [0.05, 0.1) is 32.8 Å². The summed E-state index contributed by atoms with van der Waals surface area (Å²) < 4.78 is 22.4. The average Bonchev–Trinajstić information content (AvgIpc) is 2.88. The lowest BCUT2D eigenvalue weighted by atomic mass is 10.2. The summed E-state index contributed by atoms with van der Waals surface area (Å²) in [6.07, 6.45) is 0.826. The number of likely N-dealkylation sites (N-methyl/N-ethyl adjacent to an activating group) is 1. The minimum atomic E-state index is -4.82. The van der Waals surface area contributed by atoms with Crippen molar-refractivity contribution in [1.82, 2.24) is 0 Å². The maximum absolute atomic E-state index is 11.2. The van der Waals surface area contributed by atoms with Crippen molar-refractivity contribution in [3.05, 3.63) is 17.9 Å². The molecule has 0 fully saturated rings. The SMILES string of the molecule is CC[Si](CC)(CC)c1cc(C(C[N+](C)(C)C)OP(=O)([O-])O)co1. The second-order valence-electron chi connectivity index (χ2n) is 7.12. The number of quaternary nitrogens is 1. The topological polar surface area (TPSA) is 82.7 Å². The van der Waals surface area contributed by atoms with Crippen LogP contribution in [0.2, 0.25) is 18.1 Å². The fourth-order valence-electron chi connectivity index (χ4n) is 2.93. The Labute approximate surface area is 140 Å². The first kappa shape index (κ1) is 20.6. The molecule has 0 aliphatic carbocycles. The van der Waals surface area contributed by atoms with Crippen LogP contribution in [0.3, 0.4) is 0 Å². The van der Waals surface area contributed by atoms with E-state index >= 15 is 0 Å². The summed E-state index contributed by atoms with van der Waals surface area (Å²) in [5, 5.41) is 0.980. The molecule has 0 aliphatic rings. The molecule has 1 N–H and O–H groups in total. The van der Waals surface area contributed by atoms with Gasteiger partial charge in [-0.2, -0.15) is 0 Å². The Morgan fingerprint density at radius 3 is 2.22 bits per heavy atom. The van der Waals surface area contributed by atoms with Gasteiger partial charge in [-0.25, -0.2) is 0 Å². The second kappa shape index (κ2) is 7.63. The fraction of sp³-hybridized carbons (Fsp3) is 0.733. The van der Waals surface area contributed by atoms with Crippen LogP contribution in [0.5, 0.6) is 0 Å². The normalized spacial score (nSPS) is 17.0. The molecule has 0 bridgehead atoms. The highest BCUT2D eigenvalue weighted by Crippen LogP contribution is 2.39. The standard InChI is InChI=1S/C15H30NO5PSi/c1-7-23(8-2,9-3)15-10-13(12-20-15)14(11-16(4,5)6)21-22(17,18)19/h10,12,14H,7-9,11H2,1-6H3,(H-,17,18,19). The molecule has 1 heterocycles. The lowest BCUT2D eigenvalue weighted by Crippen LogP contribution is -2.45. The first-order valence-corrected chi connectivity index (χ1v) is 12.2. The smallest absolute Gasteiger partial charge is 0.266 e. The molecule has 0 spiro atoms. The van der Waals surface area contributed by atoms with Gasteiger partial charge in [0.15, 0.2) is 0 Å². The number of phosphoric ester groups is 1. The van der Waals surface area contributed by atoms with Crippen LogP contribution < -0.4 is 10.3 Å². The molecule has 2 unspecified atom stereocenters. The maximum Gasteiger partial charge on any atom is 0.266 e. The predicted octanol–water partition coefficient (Wildman–Crippen LogP) is 2.22. The Morgan fingerprint density at radius 2 is 1.83 bits per heavy atom. The summed E-state index contributed by atoms with van der Waals surface area (Å²) in [5.41, 5.74) is 0.672. The summed E-state index contributed by atoms with van der Waals surface area (Å²) in [6.45, 7) is 6.95. The highest BCUT2D eigenvalue weighted by Gasteiger charge is 2.34. The van der Waals surface area contributed by atoms with Gasteiger partial charge >= 0.3 is 0 Å². The van der Waals surface area contributed by atoms with Gasteiger partial charge in [0.2, 0.25) is 0 Å². The van der Waals surface area contributed by atoms with Gasteiger partial charge < -0.3 is 23.2 Å². The predicted molar refractivity (Wildman–Crippen MR) is 92.1 cm³/mol. The van der Waals surface area contributed by atoms with Crippen LogP contribution in [0.15, 0.2) is 16.7 Å². The summed E-state index contributed by atoms with van der Waals surface area (Å²) in [6, 6.07) is 5.16. The number of rotatable bonds is 9. The zero-order chi connectivity index (χ0) is 17.9. The third-order valence-electron chi connectivity index (χ3n) is 4.52. The number of furan rings is 1. The number of hydrogen-bond acceptors (Lipinski definition) is 4. The molecule has 1 aromatic rings. The van der Waals surface area contributed by atoms with Gasteiger partial charge in [-0.15, -0.1) is 0 Å². The molecular formula is C15H30NO5PSi. The molecule has 0 radical (unpaired) electrons. The molecule has 1 aromatic heterocycles. The van der Waals surface area contributed by atoms with E-state index in [2.05, 4.69) is 20.8 Å². The number of phosphoric acid groups is 1. The van der Waals surface area contributed by atoms with E-state index in [-0.39, 0.29) is 0 Å². The Morgan fingerprint density at radius 1 is 1.30 bits per heavy atom. The Hall–Kier alpha value is -0.433. The van der Waals surface area contributed by atoms with Crippen LogP contribution in [0.1, 0.15) is 32.4 Å². The Balaban J connectivity index is 3.16. The van der Waals surface area contributed by atoms with Gasteiger partial charge in [0.25, 0.3) is 7.82 Å². The van der Waals surface area contributed by atoms with Crippen molar-refractivity contribution in [2.24, 2.45) is 0 Å². The van der Waals surface area contributed by atoms with E-state index in [9.17, 15) is 9.46 Å². The third-order valence-corrected chi connectivity index (χ3v) is 10.4. The molecule has 23 heavy (non-hydrogen) atoms. The zero-order valence-electron chi connectivity index (χ0n) is 15.0. The summed E-state index contributed by atoms with van der Waals surface area (Å²) >= 11 is 0. The lowest BCUT2D eigenvalue weighted by Gasteiger charge is -2.31. The molecule has 8 heteroatoms. The summed E-state index contributed by atoms with van der Waals surface area (Å²) in [5.74, 6) is 0. The molecular weight excluding hydrogens is 333 g/mol. The molecule has 0 saturated heterocycles. The van der Waals surface area contributed by atoms with Crippen LogP contribution in [0, 0.1) is 0 Å². The fourth-order valence-corrected chi connectivity index (χ4v) is 6.77. The summed E-state index contributed by atoms with van der Waals surface area (Å²) in [7, 11) is -0.674. The van der Waals surface area contributed by atoms with Gasteiger partial charge in [0, 0.05) is 5.56 Å². The lowest BCUT2D eigenvalue weighted by molar-refractivity contribution is -0.874. The molecule has 2 atom stereocenters. The average molecular weight is 363 g/mol. The van der Waals surface area contributed by atoms with E-state index in [0.29, 0.717) is 16.6 Å². The minimum Gasteiger partial charge on any atom is -0.756 e. The third kappa shape index (κ3) is 5.85. The molecule has 6 nitrogen and oxygen atoms in total. The van der Waals surface area contributed by atoms with Crippen molar-refractivity contribution in [2.45, 2.75) is 45.0 Å². The van der Waals surface area contributed by atoms with Crippen molar-refractivity contribution >= 4 is 21.3 Å². The molecule has 0 saturated carbocycles. The quantitative estimate of drug-likeness (QED) is 0.413. The van der Waals surface area contributed by atoms with Gasteiger partial charge in [-0.05, 0) is 6.07 Å². The van der Waals surface area contributed by atoms with Crippen LogP contribution >= 0.6 is 7.82 Å². The minimum absolute atomic E-state index is 0.407. The van der Waals surface area contributed by atoms with E-state index in [4.69, 9.17) is 13.8 Å². The first-order valence-electron chi connectivity index (χ1n) is 8.08. The molecule has 0 amide bonds. The monoisotopic (exact) mass is 363 g/mol. The van der Waals surface area contributed by atoms with Gasteiger partial charge in [-0.3, -0.25) is 4.57 Å². The Kier molecular flexibility index (Phi) is 6.84. The van der Waals surface area contributed by atoms with Crippen molar-refractivity contribution < 1.29 is 27.8 Å². The van der Waals surface area contributed by atoms with Crippen molar-refractivity contribution in [2.75, 3.05) is 27.7 Å². The zero-order valence-corrected chi connectivity index (χ0v) is 16.9. The number of hydrogen-bond donors (Lipinski definition) is 1. The second-order valence-corrected chi connectivity index (χ2v) is 13.4. The highest BCUT2D eigenvalue weighted by molar-refractivity contribution is 7.44. The van der Waals surface area contributed by atoms with Crippen LogP contribution in [-0.2, 0) is 9.09 Å². The van der Waals surface area contributed by atoms with Crippen LogP contribution in [-0.4, -0.2) is 45.1 Å². The highest BCUT2D eigenvalue weighted by atomic mass is 31.2. The number of nitrogens with zero attached hydrogens (tertiary/aromatic N) is 1. The van der Waals surface area contributed by atoms with E-state index < -0.39 is 22.0 Å². The maximum atomic E-state index is 11.2. The van der Waals surface area contributed by atoms with Crippen LogP contribution in [0.25, 0.3) is 0 Å². The molecule has 0 aliphatic heterocycles. The van der Waals surface area contributed by atoms with Crippen molar-refractivity contribution in [3.63, 3.8) is 0 Å². The summed E-state index contributed by atoms with van der Waals surface area (Å²) in [4.78, 5) is 20.3. The van der Waals surface area contributed by atoms with Crippen molar-refractivity contribution in [1.29, 1.82) is 0 Å². The van der Waals surface area contributed by atoms with Crippen LogP contribution in [0.4, 0.5) is 0 Å².